The molecule has 6 heteroatoms. The zero-order valence-electron chi connectivity index (χ0n) is 7.58. The first-order valence-electron chi connectivity index (χ1n) is 4.13. The largest absolute Gasteiger partial charge is 0.419 e. The summed E-state index contributed by atoms with van der Waals surface area (Å²) in [7, 11) is 0. The molecule has 0 aliphatic carbocycles. The molecule has 72 valence electrons. The fourth-order valence-corrected chi connectivity index (χ4v) is 0.952. The van der Waals surface area contributed by atoms with Gasteiger partial charge in [0.1, 0.15) is 0 Å². The van der Waals surface area contributed by atoms with Crippen LogP contribution in [0.5, 0.6) is 0 Å². The second kappa shape index (κ2) is 3.51. The molecule has 2 N–H and O–H groups in total. The standard InChI is InChI=1S/C8H9N5O/c1-5(9)7-12-13-8(14-7)6-2-3-10-11-4-6/h2-5H,9H2,1H3. The smallest absolute Gasteiger partial charge is 0.249 e. The van der Waals surface area contributed by atoms with Gasteiger partial charge in [0.25, 0.3) is 0 Å². The van der Waals surface area contributed by atoms with Crippen LogP contribution >= 0.6 is 0 Å². The van der Waals surface area contributed by atoms with Gasteiger partial charge in [0.05, 0.1) is 24.0 Å². The van der Waals surface area contributed by atoms with Crippen molar-refractivity contribution in [2.24, 2.45) is 5.73 Å². The van der Waals surface area contributed by atoms with Crippen molar-refractivity contribution >= 4 is 0 Å². The highest BCUT2D eigenvalue weighted by Crippen LogP contribution is 2.17. The van der Waals surface area contributed by atoms with Gasteiger partial charge in [0.15, 0.2) is 0 Å². The Morgan fingerprint density at radius 2 is 2.21 bits per heavy atom. The Bertz CT molecular complexity index is 411. The third-order valence-corrected chi connectivity index (χ3v) is 1.66. The van der Waals surface area contributed by atoms with Crippen molar-refractivity contribution in [2.45, 2.75) is 13.0 Å². The molecule has 0 radical (unpaired) electrons. The average Bonchev–Trinajstić information content (AvgIpc) is 2.68. The predicted molar refractivity (Wildman–Crippen MR) is 47.9 cm³/mol. The van der Waals surface area contributed by atoms with E-state index >= 15 is 0 Å². The van der Waals surface area contributed by atoms with Crippen molar-refractivity contribution in [3.8, 4) is 11.5 Å². The molecular weight excluding hydrogens is 182 g/mol. The molecule has 0 fully saturated rings. The summed E-state index contributed by atoms with van der Waals surface area (Å²) < 4.78 is 5.32. The van der Waals surface area contributed by atoms with Crippen LogP contribution < -0.4 is 5.73 Å². The van der Waals surface area contributed by atoms with Gasteiger partial charge in [0, 0.05) is 0 Å². The Hall–Kier alpha value is -1.82. The number of nitrogens with zero attached hydrogens (tertiary/aromatic N) is 4. The molecule has 0 saturated heterocycles. The summed E-state index contributed by atoms with van der Waals surface area (Å²) in [6.07, 6.45) is 3.11. The Labute approximate surface area is 80.2 Å². The van der Waals surface area contributed by atoms with E-state index in [1.165, 1.54) is 0 Å². The van der Waals surface area contributed by atoms with E-state index in [1.54, 1.807) is 25.4 Å². The molecule has 2 heterocycles. The summed E-state index contributed by atoms with van der Waals surface area (Å²) in [5.41, 5.74) is 6.32. The van der Waals surface area contributed by atoms with E-state index < -0.39 is 0 Å². The van der Waals surface area contributed by atoms with Crippen molar-refractivity contribution in [3.05, 3.63) is 24.4 Å². The van der Waals surface area contributed by atoms with Crippen LogP contribution in [-0.2, 0) is 0 Å². The van der Waals surface area contributed by atoms with E-state index in [0.29, 0.717) is 11.8 Å². The van der Waals surface area contributed by atoms with Gasteiger partial charge in [-0.25, -0.2) is 0 Å². The lowest BCUT2D eigenvalue weighted by Crippen LogP contribution is -2.04. The maximum Gasteiger partial charge on any atom is 0.249 e. The van der Waals surface area contributed by atoms with E-state index in [9.17, 15) is 0 Å². The van der Waals surface area contributed by atoms with Crippen LogP contribution in [0.15, 0.2) is 22.9 Å². The molecule has 0 spiro atoms. The Morgan fingerprint density at radius 1 is 1.36 bits per heavy atom. The third kappa shape index (κ3) is 1.60. The van der Waals surface area contributed by atoms with Crippen LogP contribution in [0, 0.1) is 0 Å². The van der Waals surface area contributed by atoms with Gasteiger partial charge in [-0.2, -0.15) is 10.2 Å². The van der Waals surface area contributed by atoms with E-state index in [0.717, 1.165) is 5.56 Å². The highest BCUT2D eigenvalue weighted by Gasteiger charge is 2.11. The number of nitrogens with two attached hydrogens (primary N) is 1. The van der Waals surface area contributed by atoms with Crippen molar-refractivity contribution in [3.63, 3.8) is 0 Å². The zero-order valence-corrected chi connectivity index (χ0v) is 7.58. The Morgan fingerprint density at radius 3 is 2.79 bits per heavy atom. The lowest BCUT2D eigenvalue weighted by atomic mass is 10.3. The second-order valence-corrected chi connectivity index (χ2v) is 2.87. The van der Waals surface area contributed by atoms with Crippen LogP contribution in [0.25, 0.3) is 11.5 Å². The molecule has 0 aromatic carbocycles. The first kappa shape index (κ1) is 8.76. The van der Waals surface area contributed by atoms with Crippen LogP contribution in [0.4, 0.5) is 0 Å². The minimum absolute atomic E-state index is 0.258. The summed E-state index contributed by atoms with van der Waals surface area (Å²) in [5.74, 6) is 0.823. The fraction of sp³-hybridized carbons (Fsp3) is 0.250. The van der Waals surface area contributed by atoms with Gasteiger partial charge >= 0.3 is 0 Å². The lowest BCUT2D eigenvalue weighted by molar-refractivity contribution is 0.473. The van der Waals surface area contributed by atoms with Crippen LogP contribution in [0.1, 0.15) is 18.9 Å². The predicted octanol–water partition coefficient (Wildman–Crippen LogP) is 0.546. The third-order valence-electron chi connectivity index (χ3n) is 1.66. The molecule has 2 aromatic rings. The molecule has 1 atom stereocenters. The number of rotatable bonds is 2. The Balaban J connectivity index is 2.34. The van der Waals surface area contributed by atoms with E-state index in [-0.39, 0.29) is 6.04 Å². The maximum atomic E-state index is 5.58. The summed E-state index contributed by atoms with van der Waals surface area (Å²) in [4.78, 5) is 0. The number of hydrogen-bond donors (Lipinski definition) is 1. The molecule has 0 aliphatic rings. The minimum Gasteiger partial charge on any atom is -0.419 e. The van der Waals surface area contributed by atoms with Crippen molar-refractivity contribution < 1.29 is 4.42 Å². The minimum atomic E-state index is -0.258. The van der Waals surface area contributed by atoms with Gasteiger partial charge in [-0.05, 0) is 13.0 Å². The van der Waals surface area contributed by atoms with Crippen LogP contribution in [0.3, 0.4) is 0 Å². The summed E-state index contributed by atoms with van der Waals surface area (Å²) in [6, 6.07) is 1.48. The Kier molecular flexibility index (Phi) is 2.19. The SMILES string of the molecule is CC(N)c1nnc(-c2ccnnc2)o1. The molecule has 0 aliphatic heterocycles. The van der Waals surface area contributed by atoms with Gasteiger partial charge in [-0.3, -0.25) is 0 Å². The molecule has 14 heavy (non-hydrogen) atoms. The fourth-order valence-electron chi connectivity index (χ4n) is 0.952. The van der Waals surface area contributed by atoms with Crippen molar-refractivity contribution in [1.82, 2.24) is 20.4 Å². The van der Waals surface area contributed by atoms with Crippen LogP contribution in [0.2, 0.25) is 0 Å². The molecule has 2 rings (SSSR count). The van der Waals surface area contributed by atoms with Gasteiger partial charge in [-0.15, -0.1) is 10.2 Å². The highest BCUT2D eigenvalue weighted by atomic mass is 16.4. The summed E-state index contributed by atoms with van der Waals surface area (Å²) in [6.45, 7) is 1.78. The molecule has 0 saturated carbocycles. The number of hydrogen-bond acceptors (Lipinski definition) is 6. The van der Waals surface area contributed by atoms with E-state index in [2.05, 4.69) is 20.4 Å². The van der Waals surface area contributed by atoms with Crippen LogP contribution in [-0.4, -0.2) is 20.4 Å². The van der Waals surface area contributed by atoms with Gasteiger partial charge < -0.3 is 10.2 Å². The highest BCUT2D eigenvalue weighted by molar-refractivity contribution is 5.49. The molecule has 0 bridgehead atoms. The van der Waals surface area contributed by atoms with E-state index in [4.69, 9.17) is 10.2 Å². The lowest BCUT2D eigenvalue weighted by Gasteiger charge is -1.94. The van der Waals surface area contributed by atoms with Crippen molar-refractivity contribution in [1.29, 1.82) is 0 Å². The zero-order chi connectivity index (χ0) is 9.97. The maximum absolute atomic E-state index is 5.58. The first-order chi connectivity index (χ1) is 6.77. The van der Waals surface area contributed by atoms with Gasteiger partial charge in [0.2, 0.25) is 11.8 Å². The summed E-state index contributed by atoms with van der Waals surface area (Å²) in [5, 5.41) is 15.0. The van der Waals surface area contributed by atoms with Gasteiger partial charge in [-0.1, -0.05) is 0 Å². The normalized spacial score (nSPS) is 12.7. The quantitative estimate of drug-likeness (QED) is 0.745. The molecule has 6 nitrogen and oxygen atoms in total. The molecule has 0 amide bonds. The van der Waals surface area contributed by atoms with Crippen molar-refractivity contribution in [2.75, 3.05) is 0 Å². The topological polar surface area (TPSA) is 90.7 Å². The average molecular weight is 191 g/mol. The molecular formula is C8H9N5O. The monoisotopic (exact) mass is 191 g/mol. The second-order valence-electron chi connectivity index (χ2n) is 2.87. The molecule has 1 unspecified atom stereocenters. The molecule has 2 aromatic heterocycles. The summed E-state index contributed by atoms with van der Waals surface area (Å²) >= 11 is 0. The first-order valence-corrected chi connectivity index (χ1v) is 4.13. The van der Waals surface area contributed by atoms with E-state index in [1.807, 2.05) is 0 Å². The number of aromatic nitrogens is 4.